The third-order valence-corrected chi connectivity index (χ3v) is 26.6. The van der Waals surface area contributed by atoms with Crippen LogP contribution in [0.2, 0.25) is 0 Å². The van der Waals surface area contributed by atoms with Gasteiger partial charge in [-0.1, -0.05) is 350 Å². The van der Waals surface area contributed by atoms with Crippen molar-refractivity contribution in [2.45, 2.75) is 20.3 Å². The van der Waals surface area contributed by atoms with Gasteiger partial charge in [-0.25, -0.2) is 0 Å². The van der Waals surface area contributed by atoms with Gasteiger partial charge >= 0.3 is 20.1 Å². The van der Waals surface area contributed by atoms with Crippen LogP contribution in [0.5, 0.6) is 0 Å². The molecule has 662 valence electrons. The van der Waals surface area contributed by atoms with Crippen molar-refractivity contribution in [3.63, 3.8) is 0 Å². The summed E-state index contributed by atoms with van der Waals surface area (Å²) in [6.45, 7) is 2.81. The maximum atomic E-state index is 10.0. The Kier molecular flexibility index (Phi) is 22.9. The van der Waals surface area contributed by atoms with E-state index in [1.54, 1.807) is 0 Å². The van der Waals surface area contributed by atoms with E-state index in [0.29, 0.717) is 0 Å². The Hall–Kier alpha value is -17.7. The van der Waals surface area contributed by atoms with Crippen molar-refractivity contribution in [2.75, 3.05) is 19.6 Å². The van der Waals surface area contributed by atoms with E-state index >= 15 is 0 Å². The minimum Gasteiger partial charge on any atom is -0.351 e. The van der Waals surface area contributed by atoms with E-state index in [1.807, 2.05) is 48.8 Å². The first-order valence-corrected chi connectivity index (χ1v) is 46.9. The second kappa shape index (κ2) is 37.2. The maximum Gasteiger partial charge on any atom is 3.00 e. The summed E-state index contributed by atoms with van der Waals surface area (Å²) in [5.74, 6) is -0.125. The molecule has 26 rings (SSSR count). The molecule has 0 N–H and O–H groups in total. The molecule has 10 nitrogen and oxygen atoms in total. The molecule has 0 atom stereocenters. The number of para-hydroxylation sites is 4. The molecule has 0 bridgehead atoms. The topological polar surface area (TPSA) is 98.7 Å². The van der Waals surface area contributed by atoms with E-state index in [-0.39, 0.29) is 38.1 Å². The smallest absolute Gasteiger partial charge is 0.351 e. The average molecular weight is 1970 g/mol. The minimum atomic E-state index is -0.0625. The molecule has 2 heterocycles. The van der Waals surface area contributed by atoms with Crippen molar-refractivity contribution in [3.8, 4) is 22.5 Å². The zero-order chi connectivity index (χ0) is 93.0. The largest absolute Gasteiger partial charge is 3.00 e. The van der Waals surface area contributed by atoms with Crippen molar-refractivity contribution in [3.05, 3.63) is 486 Å². The van der Waals surface area contributed by atoms with E-state index < -0.39 is 0 Å². The van der Waals surface area contributed by atoms with Gasteiger partial charge < -0.3 is 29.6 Å². The molecule has 0 fully saturated rings. The van der Waals surface area contributed by atoms with Crippen LogP contribution in [0.15, 0.2) is 473 Å². The fourth-order valence-electron chi connectivity index (χ4n) is 20.5. The molecule has 140 heavy (non-hydrogen) atoms. The molecule has 0 spiro atoms. The summed E-state index contributed by atoms with van der Waals surface area (Å²) >= 11 is 0. The SMILES string of the molecule is CC(=O)CC(C)=O.[Ir+3].[c-]1cc(N(c2ccccc2)c2c3ccccc3cc3ccccc23)cc2c1c1ncc(-c3ccccc3)nc1c1ccc(N(c3ccccc3)c3c4ccccc4cc4ccccc34)cc21.[c-]1cc(N(c2ccccc2)c2c3ccccc3cc3ccccc23)cc2c1c1ncc(-c3ccccc3)nc1c1ccc(N(c3ccccc3)c3c4ccccc4cc4ccccc34)cc21. The summed E-state index contributed by atoms with van der Waals surface area (Å²) in [4.78, 5) is 51.0. The van der Waals surface area contributed by atoms with Gasteiger partial charge in [-0.15, -0.1) is 47.2 Å². The summed E-state index contributed by atoms with van der Waals surface area (Å²) < 4.78 is 0. The van der Waals surface area contributed by atoms with E-state index in [0.717, 1.165) is 156 Å². The monoisotopic (exact) mass is 1970 g/mol. The second-order valence-electron chi connectivity index (χ2n) is 35.3. The first kappa shape index (κ1) is 86.4. The van der Waals surface area contributed by atoms with Crippen LogP contribution in [-0.4, -0.2) is 31.5 Å². The maximum absolute atomic E-state index is 10.0. The number of Topliss-reactive ketones (excluding diaryl/α,β-unsaturated/α-hetero) is 2. The number of hydrogen-bond donors (Lipinski definition) is 0. The molecule has 0 saturated carbocycles. The first-order valence-electron chi connectivity index (χ1n) is 46.9. The number of fused-ring (bicyclic) bond motifs is 20. The van der Waals surface area contributed by atoms with Crippen LogP contribution in [0.3, 0.4) is 0 Å². The molecule has 11 heteroatoms. The molecule has 0 aliphatic rings. The van der Waals surface area contributed by atoms with Gasteiger partial charge in [0.2, 0.25) is 0 Å². The summed E-state index contributed by atoms with van der Waals surface area (Å²) in [6.07, 6.45) is 3.89. The van der Waals surface area contributed by atoms with Crippen LogP contribution in [0.4, 0.5) is 68.2 Å². The standard InChI is InChI=1S/2C62H39N4.C5H8O2.Ir/c2*1-4-18-41(19-5-1)58-40-63-59-54-34-32-48(65(46-24-6-2-7-25-46)61-50-28-14-10-20-42(50)36-43-21-11-15-29-51(43)61)38-56(54)57-39-49(33-35-55(57)60(59)64-58)66(47-26-8-3-9-27-47)62-52-30-16-12-22-44(52)37-45-23-13-17-31-53(45)62;1-4(6)3-5(2)7;/h2*1-33,35-40H;3H2,1-2H3;/q2*-1;;+3. The van der Waals surface area contributed by atoms with Crippen molar-refractivity contribution < 1.29 is 29.7 Å². The Labute approximate surface area is 822 Å². The molecule has 0 amide bonds. The number of carbonyl (C=O) groups excluding carboxylic acids is 2. The van der Waals surface area contributed by atoms with E-state index in [1.165, 1.54) is 100 Å². The Balaban J connectivity index is 0.000000145. The number of carbonyl (C=O) groups is 2. The second-order valence-corrected chi connectivity index (χ2v) is 35.3. The van der Waals surface area contributed by atoms with Gasteiger partial charge in [-0.05, 0) is 187 Å². The van der Waals surface area contributed by atoms with Gasteiger partial charge in [0.1, 0.15) is 11.6 Å². The van der Waals surface area contributed by atoms with Crippen LogP contribution in [0.1, 0.15) is 20.3 Å². The molecule has 0 unspecified atom stereocenters. The first-order chi connectivity index (χ1) is 68.6. The van der Waals surface area contributed by atoms with Crippen LogP contribution in [0.25, 0.3) is 174 Å². The van der Waals surface area contributed by atoms with E-state index in [2.05, 4.69) is 456 Å². The molecule has 2 aromatic heterocycles. The molecule has 0 aliphatic carbocycles. The molecular formula is C129H86IrN8O2+. The zero-order valence-electron chi connectivity index (χ0n) is 76.5. The van der Waals surface area contributed by atoms with Gasteiger partial charge in [-0.2, -0.15) is 0 Å². The fourth-order valence-corrected chi connectivity index (χ4v) is 20.5. The predicted molar refractivity (Wildman–Crippen MR) is 582 cm³/mol. The third kappa shape index (κ3) is 15.9. The molecule has 0 saturated heterocycles. The number of aromatic nitrogens is 4. The molecule has 26 aromatic rings. The summed E-state index contributed by atoms with van der Waals surface area (Å²) in [6, 6.07) is 173. The van der Waals surface area contributed by atoms with Crippen molar-refractivity contribution in [2.24, 2.45) is 0 Å². The fraction of sp³-hybridized carbons (Fsp3) is 0.0233. The van der Waals surface area contributed by atoms with Gasteiger partial charge in [0, 0.05) is 112 Å². The number of anilines is 12. The van der Waals surface area contributed by atoms with Gasteiger partial charge in [-0.3, -0.25) is 19.6 Å². The van der Waals surface area contributed by atoms with Gasteiger partial charge in [0.05, 0.1) is 51.6 Å². The number of hydrogen-bond acceptors (Lipinski definition) is 10. The number of rotatable bonds is 16. The Morgan fingerprint density at radius 1 is 0.221 bits per heavy atom. The Morgan fingerprint density at radius 2 is 0.450 bits per heavy atom. The molecule has 24 aromatic carbocycles. The number of nitrogens with zero attached hydrogens (tertiary/aromatic N) is 8. The Bertz CT molecular complexity index is 8590. The van der Waals surface area contributed by atoms with Crippen LogP contribution >= 0.6 is 0 Å². The molecule has 0 radical (unpaired) electrons. The number of ketones is 2. The van der Waals surface area contributed by atoms with E-state index in [4.69, 9.17) is 19.9 Å². The number of benzene rings is 24. The minimum absolute atomic E-state index is 0. The van der Waals surface area contributed by atoms with Crippen LogP contribution < -0.4 is 19.6 Å². The van der Waals surface area contributed by atoms with Crippen molar-refractivity contribution in [1.29, 1.82) is 0 Å². The molecule has 0 aliphatic heterocycles. The third-order valence-electron chi connectivity index (χ3n) is 26.6. The Morgan fingerprint density at radius 3 is 0.700 bits per heavy atom. The summed E-state index contributed by atoms with van der Waals surface area (Å²) in [7, 11) is 0. The van der Waals surface area contributed by atoms with Gasteiger partial charge in [0.15, 0.2) is 0 Å². The summed E-state index contributed by atoms with van der Waals surface area (Å²) in [5.41, 5.74) is 19.9. The predicted octanol–water partition coefficient (Wildman–Crippen LogP) is 34.5. The van der Waals surface area contributed by atoms with Crippen LogP contribution in [-0.2, 0) is 29.7 Å². The van der Waals surface area contributed by atoms with E-state index in [9.17, 15) is 9.59 Å². The zero-order valence-corrected chi connectivity index (χ0v) is 78.9. The normalized spacial score (nSPS) is 11.4. The van der Waals surface area contributed by atoms with Gasteiger partial charge in [0.25, 0.3) is 0 Å². The summed E-state index contributed by atoms with van der Waals surface area (Å²) in [5, 5.41) is 27.0. The van der Waals surface area contributed by atoms with Crippen molar-refractivity contribution >= 4 is 231 Å². The average Bonchev–Trinajstić information content (AvgIpc) is 0.718. The van der Waals surface area contributed by atoms with Crippen LogP contribution in [0, 0.1) is 12.1 Å². The van der Waals surface area contributed by atoms with Crippen molar-refractivity contribution in [1.82, 2.24) is 19.9 Å². The molecular weight excluding hydrogens is 1890 g/mol. The quantitative estimate of drug-likeness (QED) is 0.0402.